The number of hydrogen-bond acceptors (Lipinski definition) is 4. The molecule has 0 bridgehead atoms. The summed E-state index contributed by atoms with van der Waals surface area (Å²) >= 11 is 0. The zero-order valence-corrected chi connectivity index (χ0v) is 15.0. The number of ether oxygens (including phenoxy) is 1. The first-order valence-corrected chi connectivity index (χ1v) is 8.76. The van der Waals surface area contributed by atoms with Crippen LogP contribution in [0.3, 0.4) is 0 Å². The number of hydrogen-bond donors (Lipinski definition) is 1. The highest BCUT2D eigenvalue weighted by Gasteiger charge is 2.48. The summed E-state index contributed by atoms with van der Waals surface area (Å²) in [6.45, 7) is 9.94. The van der Waals surface area contributed by atoms with Crippen LogP contribution in [0.1, 0.15) is 34.1 Å². The zero-order chi connectivity index (χ0) is 17.3. The van der Waals surface area contributed by atoms with Gasteiger partial charge < -0.3 is 10.1 Å². The molecule has 1 aliphatic carbocycles. The van der Waals surface area contributed by atoms with Gasteiger partial charge in [-0.05, 0) is 26.3 Å². The molecule has 0 amide bonds. The summed E-state index contributed by atoms with van der Waals surface area (Å²) in [5, 5.41) is 9.57. The van der Waals surface area contributed by atoms with Gasteiger partial charge in [0.05, 0.1) is 24.2 Å². The molecular formula is C19H27N3O2. The standard InChI is InChI=1S/C19H27N3O2/c1-5-24-17-10-16(19(17,3)4)21-13(2)12-22-18(23)15-9-7-6-8-14(15)11-20-22/h6-9,11,13,16-17,21H,5,10,12H2,1-4H3/t13-,16-,17+/m0/s1. The molecule has 0 unspecified atom stereocenters. The van der Waals surface area contributed by atoms with Crippen LogP contribution in [0.5, 0.6) is 0 Å². The molecule has 1 N–H and O–H groups in total. The minimum absolute atomic E-state index is 0.0261. The summed E-state index contributed by atoms with van der Waals surface area (Å²) < 4.78 is 7.34. The van der Waals surface area contributed by atoms with Crippen molar-refractivity contribution in [3.8, 4) is 0 Å². The average Bonchev–Trinajstić information content (AvgIpc) is 2.57. The second-order valence-electron chi connectivity index (χ2n) is 7.34. The lowest BCUT2D eigenvalue weighted by Gasteiger charge is -2.52. The summed E-state index contributed by atoms with van der Waals surface area (Å²) in [4.78, 5) is 12.6. The zero-order valence-electron chi connectivity index (χ0n) is 15.0. The smallest absolute Gasteiger partial charge is 0.274 e. The molecule has 0 saturated heterocycles. The van der Waals surface area contributed by atoms with Gasteiger partial charge >= 0.3 is 0 Å². The van der Waals surface area contributed by atoms with Gasteiger partial charge in [-0.3, -0.25) is 4.79 Å². The summed E-state index contributed by atoms with van der Waals surface area (Å²) in [7, 11) is 0. The van der Waals surface area contributed by atoms with Crippen LogP contribution >= 0.6 is 0 Å². The summed E-state index contributed by atoms with van der Waals surface area (Å²) in [6.07, 6.45) is 3.10. The van der Waals surface area contributed by atoms with Crippen molar-refractivity contribution in [2.45, 2.75) is 58.8 Å². The van der Waals surface area contributed by atoms with Crippen molar-refractivity contribution < 1.29 is 4.74 Å². The number of benzene rings is 1. The Kier molecular flexibility index (Phi) is 4.74. The number of fused-ring (bicyclic) bond motifs is 1. The third-order valence-corrected chi connectivity index (χ3v) is 5.24. The van der Waals surface area contributed by atoms with Gasteiger partial charge in [-0.25, -0.2) is 4.68 Å². The van der Waals surface area contributed by atoms with E-state index in [1.54, 1.807) is 10.9 Å². The third kappa shape index (κ3) is 3.10. The Hall–Kier alpha value is -1.72. The van der Waals surface area contributed by atoms with Crippen molar-refractivity contribution in [1.29, 1.82) is 0 Å². The molecule has 0 radical (unpaired) electrons. The average molecular weight is 329 g/mol. The number of nitrogens with one attached hydrogen (secondary N) is 1. The van der Waals surface area contributed by atoms with Gasteiger partial charge in [0, 0.05) is 29.5 Å². The van der Waals surface area contributed by atoms with E-state index in [1.807, 2.05) is 31.2 Å². The Labute approximate surface area is 143 Å². The highest BCUT2D eigenvalue weighted by atomic mass is 16.5. The summed E-state index contributed by atoms with van der Waals surface area (Å²) in [5.41, 5.74) is 0.0910. The maximum Gasteiger partial charge on any atom is 0.274 e. The first kappa shape index (κ1) is 17.1. The van der Waals surface area contributed by atoms with Crippen LogP contribution in [0.2, 0.25) is 0 Å². The monoisotopic (exact) mass is 329 g/mol. The van der Waals surface area contributed by atoms with Gasteiger partial charge in [-0.1, -0.05) is 32.0 Å². The normalized spacial score (nSPS) is 23.8. The van der Waals surface area contributed by atoms with Gasteiger partial charge in [0.1, 0.15) is 0 Å². The lowest BCUT2D eigenvalue weighted by Crippen LogP contribution is -2.63. The van der Waals surface area contributed by atoms with Gasteiger partial charge in [0.2, 0.25) is 0 Å². The maximum atomic E-state index is 12.6. The highest BCUT2D eigenvalue weighted by molar-refractivity contribution is 5.80. The van der Waals surface area contributed by atoms with Crippen LogP contribution in [0.15, 0.2) is 35.3 Å². The molecule has 1 aromatic heterocycles. The number of rotatable bonds is 6. The topological polar surface area (TPSA) is 56.1 Å². The first-order chi connectivity index (χ1) is 11.4. The molecule has 5 heteroatoms. The molecule has 0 aliphatic heterocycles. The predicted molar refractivity (Wildman–Crippen MR) is 96.2 cm³/mol. The predicted octanol–water partition coefficient (Wildman–Crippen LogP) is 2.58. The van der Waals surface area contributed by atoms with Gasteiger partial charge in [-0.15, -0.1) is 0 Å². The molecule has 130 valence electrons. The van der Waals surface area contributed by atoms with Gasteiger partial charge in [0.25, 0.3) is 5.56 Å². The molecule has 3 rings (SSSR count). The van der Waals surface area contributed by atoms with Crippen molar-refractivity contribution >= 4 is 10.8 Å². The Morgan fingerprint density at radius 2 is 2.17 bits per heavy atom. The number of nitrogens with zero attached hydrogens (tertiary/aromatic N) is 2. The van der Waals surface area contributed by atoms with E-state index in [0.717, 1.165) is 23.8 Å². The van der Waals surface area contributed by atoms with Crippen LogP contribution in [0, 0.1) is 5.41 Å². The van der Waals surface area contributed by atoms with Crippen LogP contribution in [0.25, 0.3) is 10.8 Å². The molecular weight excluding hydrogens is 302 g/mol. The Balaban J connectivity index is 1.67. The molecule has 24 heavy (non-hydrogen) atoms. The van der Waals surface area contributed by atoms with Crippen LogP contribution in [0.4, 0.5) is 0 Å². The van der Waals surface area contributed by atoms with E-state index in [9.17, 15) is 4.79 Å². The van der Waals surface area contributed by atoms with Gasteiger partial charge in [0.15, 0.2) is 0 Å². The van der Waals surface area contributed by atoms with E-state index in [0.29, 0.717) is 18.7 Å². The minimum Gasteiger partial charge on any atom is -0.378 e. The molecule has 1 aromatic carbocycles. The molecule has 3 atom stereocenters. The van der Waals surface area contributed by atoms with E-state index >= 15 is 0 Å². The van der Waals surface area contributed by atoms with Crippen LogP contribution in [-0.4, -0.2) is 34.6 Å². The van der Waals surface area contributed by atoms with E-state index in [1.165, 1.54) is 0 Å². The van der Waals surface area contributed by atoms with Crippen LogP contribution < -0.4 is 10.9 Å². The van der Waals surface area contributed by atoms with Crippen molar-refractivity contribution in [2.24, 2.45) is 5.41 Å². The lowest BCUT2D eigenvalue weighted by atomic mass is 9.64. The second-order valence-corrected chi connectivity index (χ2v) is 7.34. The van der Waals surface area contributed by atoms with Crippen molar-refractivity contribution in [1.82, 2.24) is 15.1 Å². The Morgan fingerprint density at radius 3 is 2.88 bits per heavy atom. The van der Waals surface area contributed by atoms with E-state index in [2.05, 4.69) is 31.2 Å². The molecule has 5 nitrogen and oxygen atoms in total. The fourth-order valence-corrected chi connectivity index (χ4v) is 3.57. The lowest BCUT2D eigenvalue weighted by molar-refractivity contribution is -0.116. The van der Waals surface area contributed by atoms with Crippen molar-refractivity contribution in [3.05, 3.63) is 40.8 Å². The fourth-order valence-electron chi connectivity index (χ4n) is 3.57. The Bertz CT molecular complexity index is 769. The van der Waals surface area contributed by atoms with E-state index in [4.69, 9.17) is 4.74 Å². The largest absolute Gasteiger partial charge is 0.378 e. The van der Waals surface area contributed by atoms with Crippen LogP contribution in [-0.2, 0) is 11.3 Å². The number of aromatic nitrogens is 2. The second kappa shape index (κ2) is 6.65. The van der Waals surface area contributed by atoms with E-state index < -0.39 is 0 Å². The maximum absolute atomic E-state index is 12.6. The molecule has 0 spiro atoms. The Morgan fingerprint density at radius 1 is 1.42 bits per heavy atom. The summed E-state index contributed by atoms with van der Waals surface area (Å²) in [5.74, 6) is 0. The fraction of sp³-hybridized carbons (Fsp3) is 0.579. The highest BCUT2D eigenvalue weighted by Crippen LogP contribution is 2.42. The summed E-state index contributed by atoms with van der Waals surface area (Å²) in [6, 6.07) is 8.16. The molecule has 1 aliphatic rings. The minimum atomic E-state index is -0.0261. The molecule has 1 saturated carbocycles. The molecule has 2 aromatic rings. The molecule has 1 fully saturated rings. The van der Waals surface area contributed by atoms with Gasteiger partial charge in [-0.2, -0.15) is 5.10 Å². The van der Waals surface area contributed by atoms with Crippen molar-refractivity contribution in [2.75, 3.05) is 6.61 Å². The first-order valence-electron chi connectivity index (χ1n) is 8.76. The van der Waals surface area contributed by atoms with E-state index in [-0.39, 0.29) is 17.0 Å². The third-order valence-electron chi connectivity index (χ3n) is 5.24. The quantitative estimate of drug-likeness (QED) is 0.885. The van der Waals surface area contributed by atoms with Crippen molar-refractivity contribution in [3.63, 3.8) is 0 Å². The SMILES string of the molecule is CCO[C@@H]1C[C@H](N[C@@H](C)Cn2ncc3ccccc3c2=O)C1(C)C. The molecule has 1 heterocycles.